The molecule has 4 heteroatoms. The van der Waals surface area contributed by atoms with Gasteiger partial charge in [-0.05, 0) is 24.6 Å². The normalized spacial score (nSPS) is 10.9. The van der Waals surface area contributed by atoms with Crippen LogP contribution in [0.15, 0.2) is 42.7 Å². The summed E-state index contributed by atoms with van der Waals surface area (Å²) in [4.78, 5) is 4.53. The third-order valence-corrected chi connectivity index (χ3v) is 2.92. The smallest absolute Gasteiger partial charge is 0.0719 e. The fraction of sp³-hybridized carbons (Fsp3) is 0.143. The minimum Gasteiger partial charge on any atom is -0.396 e. The van der Waals surface area contributed by atoms with Crippen molar-refractivity contribution in [2.45, 2.75) is 13.5 Å². The molecule has 2 N–H and O–H groups in total. The van der Waals surface area contributed by atoms with E-state index in [0.717, 1.165) is 16.6 Å². The summed E-state index contributed by atoms with van der Waals surface area (Å²) in [7, 11) is 0. The van der Waals surface area contributed by atoms with Crippen LogP contribution in [0.1, 0.15) is 11.3 Å². The molecule has 0 radical (unpaired) electrons. The monoisotopic (exact) mass is 238 g/mol. The predicted molar refractivity (Wildman–Crippen MR) is 72.2 cm³/mol. The average Bonchev–Trinajstić information content (AvgIpc) is 2.74. The predicted octanol–water partition coefficient (Wildman–Crippen LogP) is 2.37. The van der Waals surface area contributed by atoms with Gasteiger partial charge in [0.15, 0.2) is 0 Å². The number of para-hydroxylation sites is 1. The number of aromatic nitrogens is 3. The molecular weight excluding hydrogens is 224 g/mol. The molecule has 0 amide bonds. The van der Waals surface area contributed by atoms with Crippen LogP contribution in [-0.4, -0.2) is 14.8 Å². The number of nitrogens with two attached hydrogens (primary N) is 1. The largest absolute Gasteiger partial charge is 0.396 e. The molecule has 90 valence electrons. The molecule has 0 atom stereocenters. The molecule has 1 aromatic carbocycles. The molecule has 0 saturated carbocycles. The van der Waals surface area contributed by atoms with Gasteiger partial charge in [0.2, 0.25) is 0 Å². The Hall–Kier alpha value is -2.36. The molecule has 0 aliphatic rings. The van der Waals surface area contributed by atoms with Gasteiger partial charge in [0.25, 0.3) is 0 Å². The van der Waals surface area contributed by atoms with Crippen molar-refractivity contribution in [2.75, 3.05) is 5.73 Å². The van der Waals surface area contributed by atoms with E-state index < -0.39 is 0 Å². The Kier molecular flexibility index (Phi) is 2.48. The number of pyridine rings is 1. The maximum Gasteiger partial charge on any atom is 0.0719 e. The van der Waals surface area contributed by atoms with Crippen molar-refractivity contribution in [3.05, 3.63) is 54.0 Å². The number of nitrogens with zero attached hydrogens (tertiary/aromatic N) is 3. The van der Waals surface area contributed by atoms with Crippen LogP contribution < -0.4 is 5.73 Å². The van der Waals surface area contributed by atoms with Crippen molar-refractivity contribution in [1.82, 2.24) is 14.8 Å². The summed E-state index contributed by atoms with van der Waals surface area (Å²) in [5, 5.41) is 5.38. The van der Waals surface area contributed by atoms with E-state index in [9.17, 15) is 0 Å². The van der Waals surface area contributed by atoms with Crippen LogP contribution in [0.4, 0.5) is 5.69 Å². The van der Waals surface area contributed by atoms with Crippen molar-refractivity contribution in [3.8, 4) is 0 Å². The summed E-state index contributed by atoms with van der Waals surface area (Å²) in [6.07, 6.45) is 3.50. The number of aryl methyl sites for hydroxylation is 1. The molecule has 3 aromatic rings. The summed E-state index contributed by atoms with van der Waals surface area (Å²) in [6, 6.07) is 10.2. The minimum atomic E-state index is 0.685. The van der Waals surface area contributed by atoms with Gasteiger partial charge in [0, 0.05) is 17.3 Å². The van der Waals surface area contributed by atoms with Gasteiger partial charge in [-0.15, -0.1) is 0 Å². The molecule has 0 unspecified atom stereocenters. The maximum absolute atomic E-state index is 5.68. The first-order chi connectivity index (χ1) is 8.72. The molecule has 18 heavy (non-hydrogen) atoms. The molecule has 4 nitrogen and oxygen atoms in total. The third-order valence-electron chi connectivity index (χ3n) is 2.92. The van der Waals surface area contributed by atoms with Gasteiger partial charge in [-0.1, -0.05) is 18.2 Å². The number of hydrogen-bond acceptors (Lipinski definition) is 3. The van der Waals surface area contributed by atoms with E-state index in [1.807, 2.05) is 36.0 Å². The van der Waals surface area contributed by atoms with E-state index in [4.69, 9.17) is 5.73 Å². The van der Waals surface area contributed by atoms with Crippen LogP contribution in [0.5, 0.6) is 0 Å². The molecule has 0 spiro atoms. The van der Waals surface area contributed by atoms with Crippen molar-refractivity contribution in [3.63, 3.8) is 0 Å². The first-order valence-corrected chi connectivity index (χ1v) is 5.85. The first kappa shape index (κ1) is 10.8. The van der Waals surface area contributed by atoms with Crippen LogP contribution in [0.25, 0.3) is 10.9 Å². The second kappa shape index (κ2) is 4.14. The SMILES string of the molecule is Cc1cc(Cn2cc(N)cn2)c2ccccc2n1. The topological polar surface area (TPSA) is 56.7 Å². The molecule has 3 rings (SSSR count). The zero-order valence-corrected chi connectivity index (χ0v) is 10.2. The number of hydrogen-bond donors (Lipinski definition) is 1. The third kappa shape index (κ3) is 1.93. The van der Waals surface area contributed by atoms with Gasteiger partial charge < -0.3 is 5.73 Å². The minimum absolute atomic E-state index is 0.685. The Morgan fingerprint density at radius 3 is 2.89 bits per heavy atom. The summed E-state index contributed by atoms with van der Waals surface area (Å²) in [5.41, 5.74) is 9.61. The van der Waals surface area contributed by atoms with Crippen molar-refractivity contribution in [2.24, 2.45) is 0 Å². The van der Waals surface area contributed by atoms with E-state index in [1.54, 1.807) is 6.20 Å². The van der Waals surface area contributed by atoms with E-state index in [2.05, 4.69) is 22.2 Å². The standard InChI is InChI=1S/C14H14N4/c1-10-6-11(8-18-9-12(15)7-16-18)13-4-2-3-5-14(13)17-10/h2-7,9H,8,15H2,1H3. The molecule has 0 bridgehead atoms. The highest BCUT2D eigenvalue weighted by molar-refractivity contribution is 5.82. The van der Waals surface area contributed by atoms with Gasteiger partial charge in [-0.2, -0.15) is 5.10 Å². The lowest BCUT2D eigenvalue weighted by molar-refractivity contribution is 0.689. The van der Waals surface area contributed by atoms with Gasteiger partial charge in [-0.25, -0.2) is 0 Å². The van der Waals surface area contributed by atoms with Crippen LogP contribution in [-0.2, 0) is 6.54 Å². The Morgan fingerprint density at radius 2 is 2.11 bits per heavy atom. The number of nitrogen functional groups attached to an aromatic ring is 1. The zero-order valence-electron chi connectivity index (χ0n) is 10.2. The van der Waals surface area contributed by atoms with E-state index in [-0.39, 0.29) is 0 Å². The number of benzene rings is 1. The highest BCUT2D eigenvalue weighted by atomic mass is 15.3. The van der Waals surface area contributed by atoms with E-state index >= 15 is 0 Å². The molecule has 0 aliphatic heterocycles. The van der Waals surface area contributed by atoms with Gasteiger partial charge in [0.05, 0.1) is 23.9 Å². The summed E-state index contributed by atoms with van der Waals surface area (Å²) >= 11 is 0. The maximum atomic E-state index is 5.68. The second-order valence-corrected chi connectivity index (χ2v) is 4.41. The van der Waals surface area contributed by atoms with E-state index in [1.165, 1.54) is 5.56 Å². The lowest BCUT2D eigenvalue weighted by Gasteiger charge is -2.07. The Balaban J connectivity index is 2.10. The highest BCUT2D eigenvalue weighted by Crippen LogP contribution is 2.19. The van der Waals surface area contributed by atoms with Gasteiger partial charge in [-0.3, -0.25) is 9.67 Å². The molecular formula is C14H14N4. The summed E-state index contributed by atoms with van der Waals surface area (Å²) in [6.45, 7) is 2.72. The van der Waals surface area contributed by atoms with E-state index in [0.29, 0.717) is 12.2 Å². The zero-order chi connectivity index (χ0) is 12.5. The molecule has 0 aliphatic carbocycles. The molecule has 2 heterocycles. The number of rotatable bonds is 2. The van der Waals surface area contributed by atoms with Crippen LogP contribution in [0.3, 0.4) is 0 Å². The second-order valence-electron chi connectivity index (χ2n) is 4.41. The highest BCUT2D eigenvalue weighted by Gasteiger charge is 2.05. The molecule has 0 fully saturated rings. The fourth-order valence-electron chi connectivity index (χ4n) is 2.17. The van der Waals surface area contributed by atoms with Gasteiger partial charge in [0.1, 0.15) is 0 Å². The lowest BCUT2D eigenvalue weighted by Crippen LogP contribution is -2.02. The summed E-state index contributed by atoms with van der Waals surface area (Å²) < 4.78 is 1.84. The first-order valence-electron chi connectivity index (χ1n) is 5.85. The summed E-state index contributed by atoms with van der Waals surface area (Å²) in [5.74, 6) is 0. The van der Waals surface area contributed by atoms with Gasteiger partial charge >= 0.3 is 0 Å². The van der Waals surface area contributed by atoms with Crippen molar-refractivity contribution >= 4 is 16.6 Å². The molecule has 0 saturated heterocycles. The average molecular weight is 238 g/mol. The van der Waals surface area contributed by atoms with Crippen molar-refractivity contribution < 1.29 is 0 Å². The quantitative estimate of drug-likeness (QED) is 0.745. The van der Waals surface area contributed by atoms with Crippen LogP contribution in [0, 0.1) is 6.92 Å². The van der Waals surface area contributed by atoms with Crippen LogP contribution in [0.2, 0.25) is 0 Å². The molecule has 2 aromatic heterocycles. The number of fused-ring (bicyclic) bond motifs is 1. The Morgan fingerprint density at radius 1 is 1.28 bits per heavy atom. The number of anilines is 1. The Labute approximate surface area is 105 Å². The van der Waals surface area contributed by atoms with Crippen LogP contribution >= 0.6 is 0 Å². The Bertz CT molecular complexity index is 700. The van der Waals surface area contributed by atoms with Crippen molar-refractivity contribution in [1.29, 1.82) is 0 Å². The lowest BCUT2D eigenvalue weighted by atomic mass is 10.1. The fourth-order valence-corrected chi connectivity index (χ4v) is 2.17.